The summed E-state index contributed by atoms with van der Waals surface area (Å²) in [5, 5.41) is 13.8. The smallest absolute Gasteiger partial charge is 0.328 e. The number of benzene rings is 1. The number of nitrogens with zero attached hydrogens (tertiary/aromatic N) is 1. The van der Waals surface area contributed by atoms with E-state index in [9.17, 15) is 14.9 Å². The number of carbonyl (C=O) groups is 1. The molecule has 0 aromatic heterocycles. The van der Waals surface area contributed by atoms with Crippen molar-refractivity contribution >= 4 is 17.7 Å². The van der Waals surface area contributed by atoms with Crippen LogP contribution >= 0.6 is 11.8 Å². The number of rotatable bonds is 8. The van der Waals surface area contributed by atoms with E-state index in [-0.39, 0.29) is 6.61 Å². The van der Waals surface area contributed by atoms with Crippen molar-refractivity contribution in [3.8, 4) is 0 Å². The minimum Gasteiger partial charge on any atom is -0.464 e. The summed E-state index contributed by atoms with van der Waals surface area (Å²) in [6.07, 6.45) is 2.95. The predicted octanol–water partition coefficient (Wildman–Crippen LogP) is 2.19. The lowest BCUT2D eigenvalue weighted by atomic mass is 10.1. The van der Waals surface area contributed by atoms with Gasteiger partial charge < -0.3 is 10.1 Å². The molecule has 1 rings (SSSR count). The number of nitro groups is 1. The average Bonchev–Trinajstić information content (AvgIpc) is 2.46. The van der Waals surface area contributed by atoms with E-state index in [0.717, 1.165) is 11.8 Å². The monoisotopic (exact) mass is 310 g/mol. The van der Waals surface area contributed by atoms with Crippen LogP contribution in [0, 0.1) is 10.1 Å². The minimum absolute atomic E-state index is 0.263. The fraction of sp³-hybridized carbons (Fsp3) is 0.357. The van der Waals surface area contributed by atoms with Gasteiger partial charge in [-0.3, -0.25) is 10.1 Å². The van der Waals surface area contributed by atoms with Crippen LogP contribution in [-0.2, 0) is 16.0 Å². The second-order valence-electron chi connectivity index (χ2n) is 4.12. The molecule has 0 aliphatic rings. The molecule has 0 fully saturated rings. The maximum Gasteiger partial charge on any atom is 0.328 e. The van der Waals surface area contributed by atoms with Crippen LogP contribution in [0.1, 0.15) is 12.5 Å². The van der Waals surface area contributed by atoms with Gasteiger partial charge in [-0.15, -0.1) is 11.8 Å². The molecule has 0 aliphatic carbocycles. The summed E-state index contributed by atoms with van der Waals surface area (Å²) in [6, 6.07) is 8.76. The Bertz CT molecular complexity index is 505. The van der Waals surface area contributed by atoms with Gasteiger partial charge in [0.2, 0.25) is 0 Å². The molecule has 114 valence electrons. The Morgan fingerprint density at radius 2 is 2.14 bits per heavy atom. The van der Waals surface area contributed by atoms with Gasteiger partial charge in [-0.25, -0.2) is 4.79 Å². The first-order chi connectivity index (χ1) is 10.1. The molecule has 0 heterocycles. The number of hydrogen-bond acceptors (Lipinski definition) is 6. The number of nitrogens with one attached hydrogen (secondary N) is 1. The summed E-state index contributed by atoms with van der Waals surface area (Å²) < 4.78 is 5.02. The lowest BCUT2D eigenvalue weighted by molar-refractivity contribution is -0.403. The molecule has 1 aromatic carbocycles. The van der Waals surface area contributed by atoms with Crippen molar-refractivity contribution in [2.45, 2.75) is 19.4 Å². The van der Waals surface area contributed by atoms with Crippen molar-refractivity contribution in [3.63, 3.8) is 0 Å². The highest BCUT2D eigenvalue weighted by Crippen LogP contribution is 2.12. The molecule has 0 radical (unpaired) electrons. The largest absolute Gasteiger partial charge is 0.464 e. The molecule has 0 saturated heterocycles. The summed E-state index contributed by atoms with van der Waals surface area (Å²) in [6.45, 7) is 1.99. The Balaban J connectivity index is 2.86. The summed E-state index contributed by atoms with van der Waals surface area (Å²) >= 11 is 1.17. The van der Waals surface area contributed by atoms with Crippen molar-refractivity contribution in [2.75, 3.05) is 12.9 Å². The van der Waals surface area contributed by atoms with Crippen molar-refractivity contribution < 1.29 is 14.5 Å². The second kappa shape index (κ2) is 9.02. The number of esters is 1. The van der Waals surface area contributed by atoms with Gasteiger partial charge in [-0.05, 0) is 18.7 Å². The molecular weight excluding hydrogens is 292 g/mol. The zero-order valence-corrected chi connectivity index (χ0v) is 12.8. The Morgan fingerprint density at radius 1 is 1.48 bits per heavy atom. The summed E-state index contributed by atoms with van der Waals surface area (Å²) in [4.78, 5) is 22.0. The standard InChI is InChI=1S/C14H18N2O4S/c1-3-20-14(17)12(9-11-7-5-4-6-8-11)15-13(21-2)10-16(18)19/h4-8,10,12,15H,3,9H2,1-2H3/t12-/m0/s1. The van der Waals surface area contributed by atoms with Gasteiger partial charge in [0.15, 0.2) is 0 Å². The van der Waals surface area contributed by atoms with Crippen LogP contribution in [-0.4, -0.2) is 29.8 Å². The maximum atomic E-state index is 12.0. The van der Waals surface area contributed by atoms with Gasteiger partial charge in [-0.2, -0.15) is 0 Å². The molecule has 7 heteroatoms. The van der Waals surface area contributed by atoms with E-state index in [4.69, 9.17) is 4.74 Å². The second-order valence-corrected chi connectivity index (χ2v) is 4.97. The van der Waals surface area contributed by atoms with Crippen LogP contribution in [0.3, 0.4) is 0 Å². The van der Waals surface area contributed by atoms with Crippen molar-refractivity contribution in [1.29, 1.82) is 0 Å². The fourth-order valence-electron chi connectivity index (χ4n) is 1.70. The van der Waals surface area contributed by atoms with Crippen LogP contribution in [0.25, 0.3) is 0 Å². The third-order valence-electron chi connectivity index (χ3n) is 2.61. The SMILES string of the molecule is CCOC(=O)[C@H](Cc1ccccc1)NC(=C[N+](=O)[O-])SC. The van der Waals surface area contributed by atoms with Gasteiger partial charge in [0, 0.05) is 6.42 Å². The number of carbonyl (C=O) groups excluding carboxylic acids is 1. The van der Waals surface area contributed by atoms with Gasteiger partial charge in [0.25, 0.3) is 6.20 Å². The van der Waals surface area contributed by atoms with Gasteiger partial charge in [0.05, 0.1) is 11.5 Å². The Kier molecular flexibility index (Phi) is 7.31. The number of thioether (sulfide) groups is 1. The fourth-order valence-corrected chi connectivity index (χ4v) is 2.15. The number of hydrogen-bond donors (Lipinski definition) is 1. The molecule has 0 aliphatic heterocycles. The molecule has 0 unspecified atom stereocenters. The van der Waals surface area contributed by atoms with Crippen LogP contribution in [0.4, 0.5) is 0 Å². The Labute approximate surface area is 127 Å². The lowest BCUT2D eigenvalue weighted by Crippen LogP contribution is -2.39. The average molecular weight is 310 g/mol. The van der Waals surface area contributed by atoms with E-state index >= 15 is 0 Å². The first-order valence-corrected chi connectivity index (χ1v) is 7.65. The van der Waals surface area contributed by atoms with Crippen molar-refractivity contribution in [1.82, 2.24) is 5.32 Å². The molecule has 0 bridgehead atoms. The molecule has 1 N–H and O–H groups in total. The summed E-state index contributed by atoms with van der Waals surface area (Å²) in [5.41, 5.74) is 0.949. The maximum absolute atomic E-state index is 12.0. The highest BCUT2D eigenvalue weighted by molar-refractivity contribution is 8.02. The first-order valence-electron chi connectivity index (χ1n) is 6.43. The van der Waals surface area contributed by atoms with E-state index in [2.05, 4.69) is 5.32 Å². The van der Waals surface area contributed by atoms with Crippen molar-refractivity contribution in [3.05, 3.63) is 57.2 Å². The highest BCUT2D eigenvalue weighted by Gasteiger charge is 2.21. The third kappa shape index (κ3) is 6.31. The van der Waals surface area contributed by atoms with Gasteiger partial charge >= 0.3 is 5.97 Å². The molecule has 0 saturated carbocycles. The zero-order chi connectivity index (χ0) is 15.7. The van der Waals surface area contributed by atoms with E-state index in [0.29, 0.717) is 11.4 Å². The minimum atomic E-state index is -0.661. The summed E-state index contributed by atoms with van der Waals surface area (Å²) in [7, 11) is 0. The predicted molar refractivity (Wildman–Crippen MR) is 82.3 cm³/mol. The van der Waals surface area contributed by atoms with Gasteiger partial charge in [0.1, 0.15) is 11.1 Å². The van der Waals surface area contributed by atoms with Crippen LogP contribution in [0.5, 0.6) is 0 Å². The lowest BCUT2D eigenvalue weighted by Gasteiger charge is -2.18. The molecule has 6 nitrogen and oxygen atoms in total. The normalized spacial score (nSPS) is 12.6. The Morgan fingerprint density at radius 3 is 2.67 bits per heavy atom. The zero-order valence-electron chi connectivity index (χ0n) is 11.9. The summed E-state index contributed by atoms with van der Waals surface area (Å²) in [5.74, 6) is -0.426. The van der Waals surface area contributed by atoms with E-state index in [1.54, 1.807) is 13.2 Å². The molecule has 0 spiro atoms. The van der Waals surface area contributed by atoms with Crippen LogP contribution in [0.2, 0.25) is 0 Å². The topological polar surface area (TPSA) is 81.5 Å². The number of ether oxygens (including phenoxy) is 1. The van der Waals surface area contributed by atoms with E-state index in [1.165, 1.54) is 11.8 Å². The van der Waals surface area contributed by atoms with Crippen LogP contribution in [0.15, 0.2) is 41.6 Å². The molecular formula is C14H18N2O4S. The molecule has 1 aromatic rings. The molecule has 1 atom stereocenters. The van der Waals surface area contributed by atoms with Crippen molar-refractivity contribution in [2.24, 2.45) is 0 Å². The highest BCUT2D eigenvalue weighted by atomic mass is 32.2. The van der Waals surface area contributed by atoms with E-state index in [1.807, 2.05) is 30.3 Å². The first kappa shape index (κ1) is 17.0. The van der Waals surface area contributed by atoms with E-state index < -0.39 is 16.9 Å². The molecule has 0 amide bonds. The third-order valence-corrected chi connectivity index (χ3v) is 3.28. The quantitative estimate of drug-likeness (QED) is 0.450. The van der Waals surface area contributed by atoms with Gasteiger partial charge in [-0.1, -0.05) is 30.3 Å². The Hall–Kier alpha value is -2.02. The molecule has 21 heavy (non-hydrogen) atoms. The van der Waals surface area contributed by atoms with Crippen LogP contribution < -0.4 is 5.32 Å².